The van der Waals surface area contributed by atoms with Crippen molar-refractivity contribution in [1.82, 2.24) is 0 Å². The van der Waals surface area contributed by atoms with Crippen LogP contribution in [-0.4, -0.2) is 52.8 Å². The van der Waals surface area contributed by atoms with Gasteiger partial charge < -0.3 is 0 Å². The first-order chi connectivity index (χ1) is 4.00. The summed E-state index contributed by atoms with van der Waals surface area (Å²) < 4.78 is 64.1. The Morgan fingerprint density at radius 2 is 1.00 bits per heavy atom. The number of hydrogen-bond acceptors (Lipinski definition) is 4. The third-order valence-electron chi connectivity index (χ3n) is 0. The Balaban J connectivity index is -0.000000107. The zero-order chi connectivity index (χ0) is 9.00. The van der Waals surface area contributed by atoms with E-state index in [1.807, 2.05) is 0 Å². The molecule has 0 amide bonds. The third kappa shape index (κ3) is 389. The van der Waals surface area contributed by atoms with Crippen molar-refractivity contribution in [3.05, 3.63) is 0 Å². The maximum atomic E-state index is 8.87. The van der Waals surface area contributed by atoms with E-state index in [2.05, 4.69) is 0 Å². The van der Waals surface area contributed by atoms with Crippen molar-refractivity contribution in [3.63, 3.8) is 0 Å². The monoisotopic (exact) mass is 456 g/mol. The molecule has 0 aliphatic heterocycles. The molecule has 0 bridgehead atoms. The predicted octanol–water partition coefficient (Wildman–Crippen LogP) is -3.62. The summed E-state index contributed by atoms with van der Waals surface area (Å²) in [6, 6.07) is 0. The van der Waals surface area contributed by atoms with E-state index in [1.54, 1.807) is 0 Å². The van der Waals surface area contributed by atoms with Crippen molar-refractivity contribution < 1.29 is 62.1 Å². The van der Waals surface area contributed by atoms with Crippen molar-refractivity contribution in [2.75, 3.05) is 0 Å². The van der Waals surface area contributed by atoms with Gasteiger partial charge in [-0.3, -0.25) is 0 Å². The molecule has 0 atom stereocenters. The average Bonchev–Trinajstić information content (AvgIpc) is 1.12. The molecule has 0 unspecified atom stereocenters. The van der Waals surface area contributed by atoms with Crippen LogP contribution in [0.5, 0.6) is 0 Å². The Kier molecular flexibility index (Phi) is 11.9. The fourth-order valence-electron chi connectivity index (χ4n) is 0. The van der Waals surface area contributed by atoms with Crippen LogP contribution in [0, 0.1) is 0 Å². The Hall–Kier alpha value is 1.68. The van der Waals surface area contributed by atoms with E-state index < -0.39 is 33.5 Å². The van der Waals surface area contributed by atoms with Gasteiger partial charge in [-0.25, -0.2) is 0 Å². The van der Waals surface area contributed by atoms with Crippen molar-refractivity contribution in [3.8, 4) is 0 Å². The van der Waals surface area contributed by atoms with E-state index >= 15 is 0 Å². The van der Waals surface area contributed by atoms with Crippen LogP contribution in [0.3, 0.4) is 0 Å². The van der Waals surface area contributed by atoms with E-state index in [0.717, 1.165) is 0 Å². The van der Waals surface area contributed by atoms with Gasteiger partial charge in [0.1, 0.15) is 0 Å². The second-order valence-electron chi connectivity index (χ2n) is 0.896. The molecule has 0 fully saturated rings. The first-order valence-electron chi connectivity index (χ1n) is 1.40. The van der Waals surface area contributed by atoms with Crippen molar-refractivity contribution in [2.24, 2.45) is 0 Å². The molecule has 0 saturated heterocycles. The summed E-state index contributed by atoms with van der Waals surface area (Å²) in [5, 5.41) is 0. The van der Waals surface area contributed by atoms with Gasteiger partial charge in [-0.05, 0) is 0 Å². The van der Waals surface area contributed by atoms with E-state index in [9.17, 15) is 0 Å². The number of hydrogen-bond donors (Lipinski definition) is 4. The van der Waals surface area contributed by atoms with Crippen LogP contribution in [0.15, 0.2) is 0 Å². The summed E-state index contributed by atoms with van der Waals surface area (Å²) in [6.45, 7) is 0. The SMILES string of the molecule is [CaH2].[O]=[Mo](=[O])([OH])[OH].[O]=[W](=[O])([OH])[OH]. The van der Waals surface area contributed by atoms with Crippen LogP contribution in [-0.2, 0) is 47.1 Å². The minimum absolute atomic E-state index is 0. The summed E-state index contributed by atoms with van der Waals surface area (Å²) in [5.41, 5.74) is 0. The standard InChI is InChI=1S/Ca.Mo.4H2O.4O.W.2H/h;;4*1H2;;;;;;;/q;+2;;;;;;;;;+2;;/p-4. The van der Waals surface area contributed by atoms with Crippen LogP contribution < -0.4 is 0 Å². The first kappa shape index (κ1) is 18.5. The molecular weight excluding hydrogens is 448 g/mol. The van der Waals surface area contributed by atoms with E-state index in [0.29, 0.717) is 0 Å². The fourth-order valence-corrected chi connectivity index (χ4v) is 0. The van der Waals surface area contributed by atoms with Crippen LogP contribution in [0.2, 0.25) is 0 Å². The third-order valence-corrected chi connectivity index (χ3v) is 0. The van der Waals surface area contributed by atoms with Crippen molar-refractivity contribution in [1.29, 1.82) is 0 Å². The molecule has 0 radical (unpaired) electrons. The van der Waals surface area contributed by atoms with Gasteiger partial charge in [0, 0.05) is 0 Å². The van der Waals surface area contributed by atoms with Gasteiger partial charge in [-0.2, -0.15) is 0 Å². The quantitative estimate of drug-likeness (QED) is 0.275. The molecule has 4 N–H and O–H groups in total. The van der Waals surface area contributed by atoms with Crippen LogP contribution >= 0.6 is 0 Å². The summed E-state index contributed by atoms with van der Waals surface area (Å²) in [7, 11) is 0. The minimum atomic E-state index is -5.67. The van der Waals surface area contributed by atoms with Gasteiger partial charge in [0.15, 0.2) is 0 Å². The molecule has 68 valence electrons. The summed E-state index contributed by atoms with van der Waals surface area (Å²) in [4.78, 5) is 0. The van der Waals surface area contributed by atoms with Gasteiger partial charge >= 0.3 is 99.9 Å². The predicted molar refractivity (Wildman–Crippen MR) is 20.2 cm³/mol. The molecule has 8 nitrogen and oxygen atoms in total. The molecule has 0 spiro atoms. The molecule has 0 aromatic rings. The zero-order valence-corrected chi connectivity index (χ0v) is 9.18. The number of rotatable bonds is 0. The molecule has 0 aliphatic carbocycles. The van der Waals surface area contributed by atoms with Crippen LogP contribution in [0.1, 0.15) is 0 Å². The first-order valence-corrected chi connectivity index (χ1v) is 9.85. The van der Waals surface area contributed by atoms with E-state index in [4.69, 9.17) is 28.6 Å². The molecule has 0 aromatic heterocycles. The molecule has 0 aromatic carbocycles. The molecule has 0 aliphatic rings. The van der Waals surface area contributed by atoms with E-state index in [-0.39, 0.29) is 37.7 Å². The Labute approximate surface area is 98.3 Å². The van der Waals surface area contributed by atoms with Gasteiger partial charge in [-0.1, -0.05) is 0 Å². The molecule has 11 heavy (non-hydrogen) atoms. The molecule has 0 saturated carbocycles. The average molecular weight is 454 g/mol. The molecular formula is H6CaMoO8W. The van der Waals surface area contributed by atoms with Crippen molar-refractivity contribution in [2.45, 2.75) is 0 Å². The second kappa shape index (κ2) is 7.12. The van der Waals surface area contributed by atoms with Crippen LogP contribution in [0.4, 0.5) is 0 Å². The summed E-state index contributed by atoms with van der Waals surface area (Å²) >= 11 is -11.2. The fraction of sp³-hybridized carbons (Fsp3) is 0. The molecule has 0 rings (SSSR count). The molecule has 11 heteroatoms. The van der Waals surface area contributed by atoms with Gasteiger partial charge in [0.25, 0.3) is 0 Å². The van der Waals surface area contributed by atoms with Gasteiger partial charge in [0.05, 0.1) is 0 Å². The van der Waals surface area contributed by atoms with Gasteiger partial charge in [-0.15, -0.1) is 0 Å². The zero-order valence-electron chi connectivity index (χ0n) is 4.24. The Morgan fingerprint density at radius 1 is 1.00 bits per heavy atom. The topological polar surface area (TPSA) is 149 Å². The normalized spacial score (nSPS) is 10.5. The summed E-state index contributed by atoms with van der Waals surface area (Å²) in [6.07, 6.45) is 0. The Bertz CT molecular complexity index is 210. The summed E-state index contributed by atoms with van der Waals surface area (Å²) in [5.74, 6) is 0. The molecule has 0 heterocycles. The van der Waals surface area contributed by atoms with Gasteiger partial charge in [0.2, 0.25) is 0 Å². The maximum absolute atomic E-state index is 8.87. The Morgan fingerprint density at radius 3 is 1.00 bits per heavy atom. The van der Waals surface area contributed by atoms with Crippen LogP contribution in [0.25, 0.3) is 0 Å². The van der Waals surface area contributed by atoms with E-state index in [1.165, 1.54) is 0 Å². The van der Waals surface area contributed by atoms with Crippen molar-refractivity contribution >= 4 is 37.7 Å². The second-order valence-corrected chi connectivity index (χ2v) is 6.32.